The van der Waals surface area contributed by atoms with Gasteiger partial charge in [0, 0.05) is 23.3 Å². The van der Waals surface area contributed by atoms with Crippen molar-refractivity contribution in [3.8, 4) is 5.75 Å². The third-order valence-corrected chi connectivity index (χ3v) is 15.5. The second kappa shape index (κ2) is 12.3. The van der Waals surface area contributed by atoms with Gasteiger partial charge in [0.1, 0.15) is 18.0 Å². The average Bonchev–Trinajstić information content (AvgIpc) is 3.33. The van der Waals surface area contributed by atoms with Crippen molar-refractivity contribution in [1.82, 2.24) is 0 Å². The minimum Gasteiger partial charge on any atom is -0.497 e. The second-order valence-corrected chi connectivity index (χ2v) is 19.6. The third kappa shape index (κ3) is 5.67. The molecule has 0 unspecified atom stereocenters. The molecule has 0 N–H and O–H groups in total. The summed E-state index contributed by atoms with van der Waals surface area (Å²) in [6.07, 6.45) is 3.44. The Labute approximate surface area is 274 Å². The van der Waals surface area contributed by atoms with Crippen LogP contribution in [0.25, 0.3) is 0 Å². The van der Waals surface area contributed by atoms with Gasteiger partial charge < -0.3 is 18.6 Å². The van der Waals surface area contributed by atoms with Crippen molar-refractivity contribution in [2.45, 2.75) is 83.1 Å². The largest absolute Gasteiger partial charge is 0.497 e. The van der Waals surface area contributed by atoms with Crippen LogP contribution in [0.5, 0.6) is 5.75 Å². The number of benzene rings is 3. The van der Waals surface area contributed by atoms with Crippen LogP contribution in [0, 0.1) is 17.3 Å². The topological polar surface area (TPSA) is 71.1 Å². The Hall–Kier alpha value is -3.52. The first kappa shape index (κ1) is 32.4. The van der Waals surface area contributed by atoms with E-state index in [1.807, 2.05) is 66.7 Å². The molecular weight excluding hydrogens is 593 g/mol. The summed E-state index contributed by atoms with van der Waals surface area (Å²) in [7, 11) is -0.641. The molecule has 3 aliphatic rings. The molecule has 3 aliphatic carbocycles. The zero-order valence-electron chi connectivity index (χ0n) is 28.0. The smallest absolute Gasteiger partial charge is 0.338 e. The predicted molar refractivity (Wildman–Crippen MR) is 182 cm³/mol. The molecule has 46 heavy (non-hydrogen) atoms. The van der Waals surface area contributed by atoms with Gasteiger partial charge in [-0.25, -0.2) is 4.79 Å². The van der Waals surface area contributed by atoms with Gasteiger partial charge in [0.25, 0.3) is 0 Å². The van der Waals surface area contributed by atoms with Crippen LogP contribution in [0.15, 0.2) is 91.0 Å². The number of hydrogen-bond acceptors (Lipinski definition) is 6. The predicted octanol–water partition coefficient (Wildman–Crippen LogP) is 8.39. The lowest BCUT2D eigenvalue weighted by Gasteiger charge is -2.58. The fraction of sp³-hybridized carbons (Fsp3) is 0.436. The van der Waals surface area contributed by atoms with Gasteiger partial charge in [-0.15, -0.1) is 0 Å². The zero-order valence-corrected chi connectivity index (χ0v) is 29.0. The van der Waals surface area contributed by atoms with Crippen molar-refractivity contribution in [3.63, 3.8) is 0 Å². The number of ketones is 1. The van der Waals surface area contributed by atoms with E-state index in [1.165, 1.54) is 0 Å². The van der Waals surface area contributed by atoms with E-state index in [2.05, 4.69) is 52.9 Å². The summed E-state index contributed by atoms with van der Waals surface area (Å²) in [6.45, 7) is 13.8. The molecule has 0 saturated heterocycles. The number of methoxy groups -OCH3 is 1. The van der Waals surface area contributed by atoms with Crippen LogP contribution in [0.4, 0.5) is 0 Å². The summed E-state index contributed by atoms with van der Waals surface area (Å²) in [5, 5.41) is -0.0264. The molecule has 0 heterocycles. The quantitative estimate of drug-likeness (QED) is 0.140. The minimum atomic E-state index is -2.27. The molecule has 7 heteroatoms. The van der Waals surface area contributed by atoms with Crippen LogP contribution < -0.4 is 4.74 Å². The summed E-state index contributed by atoms with van der Waals surface area (Å²) in [4.78, 5) is 28.4. The Kier molecular flexibility index (Phi) is 8.63. The van der Waals surface area contributed by atoms with E-state index in [-0.39, 0.29) is 22.8 Å². The van der Waals surface area contributed by atoms with Crippen molar-refractivity contribution in [3.05, 3.63) is 113 Å². The standard InChI is InChI=1S/C39H46O6Si/c1-38(2,3)46(6,7)45-30-19-14-22-39(4)32(30)36(43-24-25-15-10-8-11-16-25)35(44-37(41)26-17-12-9-13-18-26)31-29-23-27(42-5)20-21-28(29)34(40)33(31)39/h8-21,23,30-33,35-36H,22,24H2,1-7H3/t30-,31-,32+,33-,35+,36-,39+/m1/s1. The van der Waals surface area contributed by atoms with E-state index < -0.39 is 43.7 Å². The lowest BCUT2D eigenvalue weighted by Crippen LogP contribution is -2.64. The maximum absolute atomic E-state index is 14.6. The number of esters is 1. The number of carbonyl (C=O) groups is 2. The summed E-state index contributed by atoms with van der Waals surface area (Å²) >= 11 is 0. The molecule has 3 aromatic rings. The Bertz CT molecular complexity index is 1610. The van der Waals surface area contributed by atoms with Crippen molar-refractivity contribution in [2.75, 3.05) is 7.11 Å². The average molecular weight is 639 g/mol. The molecule has 242 valence electrons. The number of fused-ring (bicyclic) bond motifs is 5. The van der Waals surface area contributed by atoms with Gasteiger partial charge >= 0.3 is 5.97 Å². The molecule has 0 aromatic heterocycles. The first-order chi connectivity index (χ1) is 21.9. The van der Waals surface area contributed by atoms with Gasteiger partial charge in [-0.1, -0.05) is 88.4 Å². The van der Waals surface area contributed by atoms with Gasteiger partial charge in [-0.05, 0) is 71.4 Å². The van der Waals surface area contributed by atoms with Crippen molar-refractivity contribution >= 4 is 20.1 Å². The van der Waals surface area contributed by atoms with Crippen LogP contribution >= 0.6 is 0 Å². The van der Waals surface area contributed by atoms with E-state index in [4.69, 9.17) is 18.6 Å². The van der Waals surface area contributed by atoms with E-state index in [9.17, 15) is 9.59 Å². The van der Waals surface area contributed by atoms with Gasteiger partial charge in [-0.3, -0.25) is 4.79 Å². The van der Waals surface area contributed by atoms with Crippen molar-refractivity contribution in [2.24, 2.45) is 17.3 Å². The molecule has 6 nitrogen and oxygen atoms in total. The number of Topliss-reactive ketones (excluding diaryl/α,β-unsaturated/α-hetero) is 1. The molecule has 3 aromatic carbocycles. The van der Waals surface area contributed by atoms with Crippen molar-refractivity contribution < 1.29 is 28.2 Å². The number of ether oxygens (including phenoxy) is 3. The Balaban J connectivity index is 1.52. The zero-order chi connectivity index (χ0) is 32.9. The molecule has 6 rings (SSSR count). The van der Waals surface area contributed by atoms with E-state index in [1.54, 1.807) is 19.2 Å². The highest BCUT2D eigenvalue weighted by atomic mass is 28.4. The molecular formula is C39H46O6Si. The number of carbonyl (C=O) groups excluding carboxylic acids is 2. The first-order valence-electron chi connectivity index (χ1n) is 16.3. The molecule has 7 atom stereocenters. The Morgan fingerprint density at radius 1 is 0.957 bits per heavy atom. The summed E-state index contributed by atoms with van der Waals surface area (Å²) < 4.78 is 26.4. The second-order valence-electron chi connectivity index (χ2n) is 14.8. The van der Waals surface area contributed by atoms with E-state index in [0.29, 0.717) is 29.9 Å². The van der Waals surface area contributed by atoms with Crippen molar-refractivity contribution in [1.29, 1.82) is 0 Å². The van der Waals surface area contributed by atoms with Crippen LogP contribution in [0.2, 0.25) is 18.1 Å². The van der Waals surface area contributed by atoms with E-state index >= 15 is 0 Å². The van der Waals surface area contributed by atoms with E-state index in [0.717, 1.165) is 11.1 Å². The Morgan fingerprint density at radius 3 is 2.28 bits per heavy atom. The van der Waals surface area contributed by atoms with Gasteiger partial charge in [0.05, 0.1) is 25.4 Å². The summed E-state index contributed by atoms with van der Waals surface area (Å²) in [6, 6.07) is 24.8. The maximum Gasteiger partial charge on any atom is 0.338 e. The number of allylic oxidation sites excluding steroid dienone is 1. The first-order valence-corrected chi connectivity index (χ1v) is 19.2. The van der Waals surface area contributed by atoms with Gasteiger partial charge in [-0.2, -0.15) is 0 Å². The molecule has 0 amide bonds. The number of rotatable bonds is 8. The SMILES string of the molecule is COc1ccc2c(c1)[C@H]1[C@H](OC(=O)c3ccccc3)[C@H](OCc3ccccc3)[C@@H]3[C@H](O[Si](C)(C)C(C)(C)C)C=CC[C@]3(C)[C@H]1C2=O. The summed E-state index contributed by atoms with van der Waals surface area (Å²) in [5.74, 6) is -0.771. The Morgan fingerprint density at radius 2 is 1.63 bits per heavy atom. The molecule has 0 spiro atoms. The lowest BCUT2D eigenvalue weighted by molar-refractivity contribution is -0.182. The molecule has 1 fully saturated rings. The monoisotopic (exact) mass is 638 g/mol. The summed E-state index contributed by atoms with van der Waals surface area (Å²) in [5.41, 5.74) is 2.48. The normalized spacial score (nSPS) is 28.6. The van der Waals surface area contributed by atoms with Gasteiger partial charge in [0.15, 0.2) is 14.1 Å². The van der Waals surface area contributed by atoms with Crippen LogP contribution in [-0.2, 0) is 20.5 Å². The maximum atomic E-state index is 14.6. The minimum absolute atomic E-state index is 0.0264. The number of hydrogen-bond donors (Lipinski definition) is 0. The third-order valence-electron chi connectivity index (χ3n) is 11.0. The highest BCUT2D eigenvalue weighted by molar-refractivity contribution is 6.74. The molecule has 0 radical (unpaired) electrons. The van der Waals surface area contributed by atoms with Crippen LogP contribution in [0.1, 0.15) is 71.9 Å². The van der Waals surface area contributed by atoms with Crippen LogP contribution in [-0.4, -0.2) is 45.5 Å². The fourth-order valence-electron chi connectivity index (χ4n) is 7.65. The lowest BCUT2D eigenvalue weighted by atomic mass is 9.51. The highest BCUT2D eigenvalue weighted by Crippen LogP contribution is 2.63. The molecule has 0 aliphatic heterocycles. The molecule has 1 saturated carbocycles. The molecule has 0 bridgehead atoms. The van der Waals surface area contributed by atoms with Gasteiger partial charge in [0.2, 0.25) is 0 Å². The van der Waals surface area contributed by atoms with Crippen LogP contribution in [0.3, 0.4) is 0 Å². The fourth-order valence-corrected chi connectivity index (χ4v) is 8.91. The highest BCUT2D eigenvalue weighted by Gasteiger charge is 2.66.